The number of rotatable bonds is 3. The maximum Gasteiger partial charge on any atom is 0.323 e. The van der Waals surface area contributed by atoms with Crippen LogP contribution in [-0.4, -0.2) is 9.97 Å². The van der Waals surface area contributed by atoms with Crippen molar-refractivity contribution < 1.29 is 0 Å². The van der Waals surface area contributed by atoms with Crippen LogP contribution in [0, 0.1) is 5.41 Å². The number of hydrogen-bond donors (Lipinski definition) is 2. The molecule has 0 bridgehead atoms. The molecule has 1 aromatic heterocycles. The van der Waals surface area contributed by atoms with Crippen LogP contribution >= 0.6 is 31.9 Å². The van der Waals surface area contributed by atoms with Gasteiger partial charge in [0.1, 0.15) is 0 Å². The first kappa shape index (κ1) is 13.9. The number of benzene rings is 1. The summed E-state index contributed by atoms with van der Waals surface area (Å²) in [6, 6.07) is 3.97. The van der Waals surface area contributed by atoms with Gasteiger partial charge in [-0.1, -0.05) is 52.6 Å². The molecule has 0 spiro atoms. The quantitative estimate of drug-likeness (QED) is 0.762. The molecule has 1 atom stereocenters. The van der Waals surface area contributed by atoms with Crippen LogP contribution in [0.5, 0.6) is 0 Å². The molecule has 0 aliphatic heterocycles. The summed E-state index contributed by atoms with van der Waals surface area (Å²) in [5.74, 6) is 0. The van der Waals surface area contributed by atoms with Gasteiger partial charge in [0.25, 0.3) is 0 Å². The Bertz CT molecular complexity index is 627. The molecule has 1 unspecified atom stereocenters. The average molecular weight is 376 g/mol. The zero-order valence-electron chi connectivity index (χ0n) is 10.6. The number of imidazole rings is 1. The summed E-state index contributed by atoms with van der Waals surface area (Å²) in [4.78, 5) is 17.1. The molecule has 18 heavy (non-hydrogen) atoms. The molecule has 0 saturated carbocycles. The molecule has 1 heterocycles. The number of aromatic amines is 2. The zero-order chi connectivity index (χ0) is 13.5. The lowest BCUT2D eigenvalue weighted by molar-refractivity contribution is 0.345. The number of hydrogen-bond acceptors (Lipinski definition) is 1. The Kier molecular flexibility index (Phi) is 3.74. The summed E-state index contributed by atoms with van der Waals surface area (Å²) >= 11 is 7.36. The van der Waals surface area contributed by atoms with Gasteiger partial charge in [-0.05, 0) is 29.5 Å². The van der Waals surface area contributed by atoms with E-state index in [-0.39, 0.29) is 15.9 Å². The van der Waals surface area contributed by atoms with Crippen LogP contribution in [0.1, 0.15) is 37.6 Å². The van der Waals surface area contributed by atoms with Gasteiger partial charge < -0.3 is 9.97 Å². The molecule has 0 saturated heterocycles. The molecule has 0 amide bonds. The molecule has 98 valence electrons. The molecule has 0 radical (unpaired) electrons. The van der Waals surface area contributed by atoms with Crippen molar-refractivity contribution in [2.45, 2.75) is 32.0 Å². The summed E-state index contributed by atoms with van der Waals surface area (Å²) in [5, 5.41) is 0. The predicted molar refractivity (Wildman–Crippen MR) is 82.4 cm³/mol. The Morgan fingerprint density at radius 2 is 1.83 bits per heavy atom. The zero-order valence-corrected chi connectivity index (χ0v) is 13.8. The lowest BCUT2D eigenvalue weighted by atomic mass is 9.83. The van der Waals surface area contributed by atoms with Crippen molar-refractivity contribution in [1.29, 1.82) is 0 Å². The maximum atomic E-state index is 11.3. The van der Waals surface area contributed by atoms with E-state index in [0.29, 0.717) is 0 Å². The van der Waals surface area contributed by atoms with Gasteiger partial charge in [-0.2, -0.15) is 0 Å². The Hall–Kier alpha value is -0.550. The number of aromatic nitrogens is 2. The van der Waals surface area contributed by atoms with Crippen LogP contribution in [0.3, 0.4) is 0 Å². The van der Waals surface area contributed by atoms with Gasteiger partial charge in [0, 0.05) is 9.30 Å². The second-order valence-electron chi connectivity index (χ2n) is 5.20. The second kappa shape index (κ2) is 4.85. The lowest BCUT2D eigenvalue weighted by Crippen LogP contribution is -2.16. The fraction of sp³-hybridized carbons (Fsp3) is 0.462. The number of H-pyrrole nitrogens is 2. The van der Waals surface area contributed by atoms with Crippen molar-refractivity contribution in [1.82, 2.24) is 9.97 Å². The topological polar surface area (TPSA) is 48.6 Å². The molecule has 2 N–H and O–H groups in total. The van der Waals surface area contributed by atoms with Crippen LogP contribution in [0.2, 0.25) is 0 Å². The molecule has 1 aromatic carbocycles. The van der Waals surface area contributed by atoms with Gasteiger partial charge in [0.2, 0.25) is 0 Å². The third kappa shape index (κ3) is 2.43. The molecule has 0 aliphatic rings. The average Bonchev–Trinajstić information content (AvgIpc) is 2.66. The van der Waals surface area contributed by atoms with Crippen molar-refractivity contribution in [2.24, 2.45) is 5.41 Å². The highest BCUT2D eigenvalue weighted by Gasteiger charge is 2.28. The fourth-order valence-electron chi connectivity index (χ4n) is 1.87. The summed E-state index contributed by atoms with van der Waals surface area (Å²) in [5.41, 5.74) is 2.80. The van der Waals surface area contributed by atoms with Gasteiger partial charge in [-0.3, -0.25) is 0 Å². The van der Waals surface area contributed by atoms with Crippen molar-refractivity contribution in [2.75, 3.05) is 0 Å². The molecule has 2 rings (SSSR count). The summed E-state index contributed by atoms with van der Waals surface area (Å²) in [6.07, 6.45) is 1.07. The molecular weight excluding hydrogens is 360 g/mol. The highest BCUT2D eigenvalue weighted by Crippen LogP contribution is 2.45. The third-order valence-corrected chi connectivity index (χ3v) is 5.92. The van der Waals surface area contributed by atoms with Crippen LogP contribution < -0.4 is 5.69 Å². The van der Waals surface area contributed by atoms with E-state index in [0.717, 1.165) is 27.5 Å². The second-order valence-corrected chi connectivity index (χ2v) is 6.97. The Balaban J connectivity index is 2.57. The standard InChI is InChI=1S/C13H16Br2N2O/c1-4-13(2,3)11(15)7-5-9-10(6-8(7)14)17-12(18)16-9/h5-6,11H,4H2,1-3H3,(H2,16,17,18). The normalized spacial score (nSPS) is 14.1. The van der Waals surface area contributed by atoms with Gasteiger partial charge >= 0.3 is 5.69 Å². The Labute approximate surface area is 123 Å². The Morgan fingerprint density at radius 3 is 2.39 bits per heavy atom. The van der Waals surface area contributed by atoms with E-state index in [4.69, 9.17) is 0 Å². The number of fused-ring (bicyclic) bond motifs is 1. The van der Waals surface area contributed by atoms with Crippen LogP contribution in [0.4, 0.5) is 0 Å². The number of alkyl halides is 1. The molecule has 5 heteroatoms. The highest BCUT2D eigenvalue weighted by atomic mass is 79.9. The maximum absolute atomic E-state index is 11.3. The first-order chi connectivity index (χ1) is 8.35. The van der Waals surface area contributed by atoms with Gasteiger partial charge in [-0.15, -0.1) is 0 Å². The summed E-state index contributed by atoms with van der Waals surface area (Å²) in [7, 11) is 0. The smallest absolute Gasteiger partial charge is 0.306 e. The minimum atomic E-state index is -0.171. The van der Waals surface area contributed by atoms with Crippen LogP contribution in [-0.2, 0) is 0 Å². The molecule has 3 nitrogen and oxygen atoms in total. The molecule has 0 fully saturated rings. The van der Waals surface area contributed by atoms with E-state index in [1.165, 1.54) is 0 Å². The molecular formula is C13H16Br2N2O. The minimum Gasteiger partial charge on any atom is -0.306 e. The lowest BCUT2D eigenvalue weighted by Gasteiger charge is -2.30. The van der Waals surface area contributed by atoms with Gasteiger partial charge in [0.05, 0.1) is 11.0 Å². The van der Waals surface area contributed by atoms with E-state index >= 15 is 0 Å². The van der Waals surface area contributed by atoms with E-state index < -0.39 is 0 Å². The van der Waals surface area contributed by atoms with Gasteiger partial charge in [0.15, 0.2) is 0 Å². The van der Waals surface area contributed by atoms with Crippen molar-refractivity contribution in [3.63, 3.8) is 0 Å². The van der Waals surface area contributed by atoms with E-state index in [1.807, 2.05) is 12.1 Å². The highest BCUT2D eigenvalue weighted by molar-refractivity contribution is 9.11. The fourth-order valence-corrected chi connectivity index (χ4v) is 3.45. The van der Waals surface area contributed by atoms with Crippen molar-refractivity contribution in [3.8, 4) is 0 Å². The first-order valence-electron chi connectivity index (χ1n) is 5.90. The largest absolute Gasteiger partial charge is 0.323 e. The van der Waals surface area contributed by atoms with Crippen LogP contribution in [0.15, 0.2) is 21.4 Å². The van der Waals surface area contributed by atoms with Gasteiger partial charge in [-0.25, -0.2) is 4.79 Å². The molecule has 2 aromatic rings. The van der Waals surface area contributed by atoms with Crippen molar-refractivity contribution >= 4 is 42.9 Å². The number of nitrogens with one attached hydrogen (secondary N) is 2. The van der Waals surface area contributed by atoms with Crippen LogP contribution in [0.25, 0.3) is 11.0 Å². The minimum absolute atomic E-state index is 0.146. The summed E-state index contributed by atoms with van der Waals surface area (Å²) < 4.78 is 1.01. The molecule has 0 aliphatic carbocycles. The van der Waals surface area contributed by atoms with E-state index in [9.17, 15) is 4.79 Å². The Morgan fingerprint density at radius 1 is 1.28 bits per heavy atom. The SMILES string of the molecule is CCC(C)(C)C(Br)c1cc2[nH]c(=O)[nH]c2cc1Br. The van der Waals surface area contributed by atoms with E-state index in [1.54, 1.807) is 0 Å². The monoisotopic (exact) mass is 374 g/mol. The third-order valence-electron chi connectivity index (χ3n) is 3.50. The summed E-state index contributed by atoms with van der Waals surface area (Å²) in [6.45, 7) is 6.63. The number of halogens is 2. The van der Waals surface area contributed by atoms with E-state index in [2.05, 4.69) is 62.6 Å². The predicted octanol–water partition coefficient (Wildman–Crippen LogP) is 4.49. The first-order valence-corrected chi connectivity index (χ1v) is 7.61. The van der Waals surface area contributed by atoms with Crippen molar-refractivity contribution in [3.05, 3.63) is 32.7 Å².